The summed E-state index contributed by atoms with van der Waals surface area (Å²) in [5, 5.41) is 3.02. The number of anilines is 1. The van der Waals surface area contributed by atoms with Crippen LogP contribution in [-0.4, -0.2) is 50.3 Å². The molecule has 2 aliphatic rings. The number of piperidine rings is 1. The van der Waals surface area contributed by atoms with Crippen molar-refractivity contribution in [2.45, 2.75) is 58.2 Å². The van der Waals surface area contributed by atoms with Gasteiger partial charge in [0.1, 0.15) is 18.4 Å². The number of benzene rings is 2. The predicted octanol–water partition coefficient (Wildman–Crippen LogP) is 5.40. The average Bonchev–Trinajstić information content (AvgIpc) is 2.84. The summed E-state index contributed by atoms with van der Waals surface area (Å²) in [5.41, 5.74) is 4.77. The summed E-state index contributed by atoms with van der Waals surface area (Å²) >= 11 is 0. The maximum atomic E-state index is 13.9. The molecule has 0 saturated carbocycles. The molecule has 178 valence electrons. The van der Waals surface area contributed by atoms with Crippen LogP contribution in [0.4, 0.5) is 10.1 Å². The van der Waals surface area contributed by atoms with Gasteiger partial charge in [-0.1, -0.05) is 11.2 Å². The fourth-order valence-corrected chi connectivity index (χ4v) is 5.24. The van der Waals surface area contributed by atoms with Gasteiger partial charge in [0, 0.05) is 43.5 Å². The molecule has 0 spiro atoms. The van der Waals surface area contributed by atoms with Crippen molar-refractivity contribution < 1.29 is 13.9 Å². The topological polar surface area (TPSA) is 54.4 Å². The number of rotatable bonds is 7. The summed E-state index contributed by atoms with van der Waals surface area (Å²) in [7, 11) is 1.51. The van der Waals surface area contributed by atoms with E-state index in [-0.39, 0.29) is 11.9 Å². The highest BCUT2D eigenvalue weighted by Gasteiger charge is 2.36. The normalized spacial score (nSPS) is 21.9. The van der Waals surface area contributed by atoms with E-state index >= 15 is 0 Å². The molecule has 0 radical (unpaired) electrons. The van der Waals surface area contributed by atoms with Crippen LogP contribution in [0.15, 0.2) is 35.5 Å². The summed E-state index contributed by atoms with van der Waals surface area (Å²) in [4.78, 5) is 15.7. The van der Waals surface area contributed by atoms with Crippen LogP contribution in [0.25, 0.3) is 0 Å². The zero-order valence-electron chi connectivity index (χ0n) is 20.0. The lowest BCUT2D eigenvalue weighted by Crippen LogP contribution is -2.56. The quantitative estimate of drug-likeness (QED) is 0.523. The van der Waals surface area contributed by atoms with Crippen molar-refractivity contribution in [2.75, 3.05) is 38.3 Å². The number of hydrogen-bond acceptors (Lipinski definition) is 6. The Morgan fingerprint density at radius 2 is 1.94 bits per heavy atom. The Labute approximate surface area is 195 Å². The molecular formula is C26H34FN3O3. The largest absolute Gasteiger partial charge is 0.494 e. The Morgan fingerprint density at radius 1 is 1.12 bits per heavy atom. The lowest BCUT2D eigenvalue weighted by atomic mass is 9.86. The number of hydrogen-bond donors (Lipinski definition) is 0. The van der Waals surface area contributed by atoms with Gasteiger partial charge in [0.05, 0.1) is 7.11 Å². The predicted molar refractivity (Wildman–Crippen MR) is 129 cm³/mol. The van der Waals surface area contributed by atoms with Crippen molar-refractivity contribution >= 4 is 5.69 Å². The van der Waals surface area contributed by atoms with E-state index in [0.717, 1.165) is 43.1 Å². The van der Waals surface area contributed by atoms with Crippen molar-refractivity contribution in [3.05, 3.63) is 57.7 Å². The van der Waals surface area contributed by atoms with E-state index in [0.29, 0.717) is 24.4 Å². The van der Waals surface area contributed by atoms with Crippen LogP contribution >= 0.6 is 0 Å². The third-order valence-electron chi connectivity index (χ3n) is 7.24. The molecule has 0 aliphatic carbocycles. The Morgan fingerprint density at radius 3 is 2.70 bits per heavy atom. The molecule has 2 fully saturated rings. The summed E-state index contributed by atoms with van der Waals surface area (Å²) < 4.78 is 24.9. The number of fused-ring (bicyclic) bond motifs is 1. The molecule has 0 bridgehead atoms. The molecular weight excluding hydrogens is 421 g/mol. The van der Waals surface area contributed by atoms with Crippen LogP contribution in [0.5, 0.6) is 11.5 Å². The molecule has 2 aromatic carbocycles. The van der Waals surface area contributed by atoms with E-state index < -0.39 is 0 Å². The maximum Gasteiger partial charge on any atom is 0.165 e. The first-order valence-corrected chi connectivity index (χ1v) is 11.8. The van der Waals surface area contributed by atoms with Gasteiger partial charge in [-0.25, -0.2) is 4.39 Å². The van der Waals surface area contributed by atoms with E-state index in [2.05, 4.69) is 34.9 Å². The van der Waals surface area contributed by atoms with Crippen molar-refractivity contribution in [1.29, 1.82) is 0 Å². The third kappa shape index (κ3) is 4.83. The molecule has 0 amide bonds. The molecule has 2 heterocycles. The summed E-state index contributed by atoms with van der Waals surface area (Å²) in [6.45, 7) is 9.11. The van der Waals surface area contributed by atoms with E-state index in [1.165, 1.54) is 37.1 Å². The molecule has 2 aliphatic heterocycles. The highest BCUT2D eigenvalue weighted by molar-refractivity contribution is 5.52. The Hall–Kier alpha value is -2.67. The summed E-state index contributed by atoms with van der Waals surface area (Å²) in [6.07, 6.45) is 3.50. The van der Waals surface area contributed by atoms with Gasteiger partial charge < -0.3 is 14.4 Å². The molecule has 2 aromatic rings. The van der Waals surface area contributed by atoms with E-state index in [9.17, 15) is 9.30 Å². The molecule has 33 heavy (non-hydrogen) atoms. The number of piperazine rings is 1. The first kappa shape index (κ1) is 23.5. The molecule has 1 unspecified atom stereocenters. The second kappa shape index (κ2) is 10.1. The second-order valence-electron chi connectivity index (χ2n) is 9.27. The van der Waals surface area contributed by atoms with E-state index in [1.807, 2.05) is 12.1 Å². The van der Waals surface area contributed by atoms with Crippen LogP contribution in [0, 0.1) is 24.6 Å². The van der Waals surface area contributed by atoms with Crippen LogP contribution in [-0.2, 0) is 0 Å². The van der Waals surface area contributed by atoms with Crippen molar-refractivity contribution in [3.63, 3.8) is 0 Å². The Bertz CT molecular complexity index is 999. The zero-order chi connectivity index (χ0) is 23.5. The lowest BCUT2D eigenvalue weighted by Gasteiger charge is -2.49. The molecule has 4 rings (SSSR count). The number of halogens is 1. The highest BCUT2D eigenvalue weighted by Crippen LogP contribution is 2.40. The zero-order valence-corrected chi connectivity index (χ0v) is 20.0. The number of nitrogens with zero attached hydrogens (tertiary/aromatic N) is 3. The molecule has 7 heteroatoms. The summed E-state index contributed by atoms with van der Waals surface area (Å²) in [5.74, 6) is 0.796. The van der Waals surface area contributed by atoms with Crippen LogP contribution < -0.4 is 14.4 Å². The minimum Gasteiger partial charge on any atom is -0.494 e. The van der Waals surface area contributed by atoms with Gasteiger partial charge in [0.25, 0.3) is 0 Å². The van der Waals surface area contributed by atoms with E-state index in [1.54, 1.807) is 13.0 Å². The fourth-order valence-electron chi connectivity index (χ4n) is 5.24. The average molecular weight is 456 g/mol. The van der Waals surface area contributed by atoms with Crippen molar-refractivity contribution in [1.82, 2.24) is 4.90 Å². The second-order valence-corrected chi connectivity index (χ2v) is 9.27. The van der Waals surface area contributed by atoms with Gasteiger partial charge >= 0.3 is 0 Å². The van der Waals surface area contributed by atoms with Gasteiger partial charge in [-0.05, 0) is 74.9 Å². The first-order chi connectivity index (χ1) is 15.9. The first-order valence-electron chi connectivity index (χ1n) is 11.8. The molecule has 0 aromatic heterocycles. The minimum absolute atomic E-state index is 0.295. The van der Waals surface area contributed by atoms with Gasteiger partial charge in [0.15, 0.2) is 11.6 Å². The standard InChI is InChI=1S/C26H34FN3O3/c1-17(28-31)16-33-25-11-9-22(18(2)19(25)3)24-7-5-6-21-15-29(12-13-30(21)24)20-8-10-23(27)26(14-20)32-4/h8-11,14,17,21,24H,5-7,12-13,15-16H2,1-4H3/t17?,21-,24+/m0/s1. The highest BCUT2D eigenvalue weighted by atomic mass is 19.1. The lowest BCUT2D eigenvalue weighted by molar-refractivity contribution is 0.0712. The molecule has 3 atom stereocenters. The SMILES string of the molecule is COc1cc(N2CCN3[C@@H](CCC[C@@H]3c3ccc(OCC(C)N=O)c(C)c3C)C2)ccc1F. The van der Waals surface area contributed by atoms with Crippen molar-refractivity contribution in [2.24, 2.45) is 5.18 Å². The molecule has 6 nitrogen and oxygen atoms in total. The van der Waals surface area contributed by atoms with Crippen LogP contribution in [0.2, 0.25) is 0 Å². The monoisotopic (exact) mass is 455 g/mol. The van der Waals surface area contributed by atoms with Gasteiger partial charge in [-0.3, -0.25) is 4.90 Å². The van der Waals surface area contributed by atoms with E-state index in [4.69, 9.17) is 9.47 Å². The van der Waals surface area contributed by atoms with Gasteiger partial charge in [0.2, 0.25) is 0 Å². The minimum atomic E-state index is -0.360. The smallest absolute Gasteiger partial charge is 0.165 e. The molecule has 0 N–H and O–H groups in total. The maximum absolute atomic E-state index is 13.9. The van der Waals surface area contributed by atoms with Crippen LogP contribution in [0.1, 0.15) is 48.9 Å². The number of ether oxygens (including phenoxy) is 2. The number of methoxy groups -OCH3 is 1. The van der Waals surface area contributed by atoms with Crippen molar-refractivity contribution in [3.8, 4) is 11.5 Å². The third-order valence-corrected chi connectivity index (χ3v) is 7.24. The fraction of sp³-hybridized carbons (Fsp3) is 0.538. The Balaban J connectivity index is 1.50. The molecule has 2 saturated heterocycles. The number of nitroso groups, excluding NO2 is 1. The van der Waals surface area contributed by atoms with Crippen LogP contribution in [0.3, 0.4) is 0 Å². The Kier molecular flexibility index (Phi) is 7.17. The van der Waals surface area contributed by atoms with Gasteiger partial charge in [-0.2, -0.15) is 4.91 Å². The van der Waals surface area contributed by atoms with Gasteiger partial charge in [-0.15, -0.1) is 0 Å². The summed E-state index contributed by atoms with van der Waals surface area (Å²) in [6, 6.07) is 9.87.